The second-order valence-electron chi connectivity index (χ2n) is 4.08. The molecule has 0 atom stereocenters. The maximum Gasteiger partial charge on any atom is 0.229 e. The number of nitrogens with zero attached hydrogens (tertiary/aromatic N) is 1. The van der Waals surface area contributed by atoms with Crippen molar-refractivity contribution in [2.45, 2.75) is 35.9 Å². The molecule has 1 saturated heterocycles. The molecule has 14 heavy (non-hydrogen) atoms. The highest BCUT2D eigenvalue weighted by molar-refractivity contribution is 8.05. The van der Waals surface area contributed by atoms with Crippen LogP contribution in [0.25, 0.3) is 0 Å². The Bertz CT molecular complexity index is 315. The molecule has 1 N–H and O–H groups in total. The van der Waals surface area contributed by atoms with Crippen molar-refractivity contribution in [2.75, 3.05) is 13.1 Å². The quantitative estimate of drug-likeness (QED) is 0.674. The molecule has 1 aliphatic heterocycles. The Labute approximate surface area is 89.8 Å². The number of hydrogen-bond donors (Lipinski definition) is 2. The van der Waals surface area contributed by atoms with Crippen LogP contribution in [0.15, 0.2) is 0 Å². The zero-order chi connectivity index (χ0) is 10.4. The topological polar surface area (TPSA) is 57.6 Å². The van der Waals surface area contributed by atoms with E-state index in [0.29, 0.717) is 38.8 Å². The van der Waals surface area contributed by atoms with Crippen LogP contribution < -0.4 is 0 Å². The molecule has 0 amide bonds. The van der Waals surface area contributed by atoms with Gasteiger partial charge < -0.3 is 5.11 Å². The van der Waals surface area contributed by atoms with E-state index in [2.05, 4.69) is 12.6 Å². The first-order valence-electron chi connectivity index (χ1n) is 4.86. The lowest BCUT2D eigenvalue weighted by atomic mass is 10.1. The number of piperidine rings is 1. The third-order valence-electron chi connectivity index (χ3n) is 2.92. The maximum absolute atomic E-state index is 11.9. The highest BCUT2D eigenvalue weighted by Crippen LogP contribution is 2.48. The first-order valence-corrected chi connectivity index (χ1v) is 6.75. The van der Waals surface area contributed by atoms with Gasteiger partial charge >= 0.3 is 0 Å². The maximum atomic E-state index is 11.9. The van der Waals surface area contributed by atoms with E-state index in [0.717, 1.165) is 0 Å². The second-order valence-corrected chi connectivity index (χ2v) is 7.49. The average Bonchev–Trinajstić information content (AvgIpc) is 2.86. The lowest BCUT2D eigenvalue weighted by Gasteiger charge is -2.30. The molecule has 1 aliphatic carbocycles. The van der Waals surface area contributed by atoms with E-state index >= 15 is 0 Å². The van der Waals surface area contributed by atoms with E-state index in [1.807, 2.05) is 0 Å². The lowest BCUT2D eigenvalue weighted by molar-refractivity contribution is 0.113. The molecule has 0 aromatic rings. The summed E-state index contributed by atoms with van der Waals surface area (Å²) in [6, 6.07) is 0. The average molecular weight is 237 g/mol. The Balaban J connectivity index is 2.08. The van der Waals surface area contributed by atoms with Crippen molar-refractivity contribution in [1.29, 1.82) is 0 Å². The smallest absolute Gasteiger partial charge is 0.229 e. The van der Waals surface area contributed by atoms with Gasteiger partial charge in [-0.3, -0.25) is 0 Å². The molecule has 0 aromatic carbocycles. The van der Waals surface area contributed by atoms with Crippen molar-refractivity contribution in [3.63, 3.8) is 0 Å². The van der Waals surface area contributed by atoms with E-state index in [1.165, 1.54) is 4.31 Å². The van der Waals surface area contributed by atoms with Gasteiger partial charge in [-0.2, -0.15) is 12.6 Å². The second kappa shape index (κ2) is 3.37. The Hall–Kier alpha value is 0.220. The van der Waals surface area contributed by atoms with Gasteiger partial charge in [0.2, 0.25) is 10.0 Å². The van der Waals surface area contributed by atoms with Crippen LogP contribution in [0.2, 0.25) is 0 Å². The van der Waals surface area contributed by atoms with Crippen molar-refractivity contribution in [3.05, 3.63) is 0 Å². The van der Waals surface area contributed by atoms with Gasteiger partial charge in [-0.25, -0.2) is 12.7 Å². The van der Waals surface area contributed by atoms with Crippen molar-refractivity contribution >= 4 is 22.7 Å². The highest BCUT2D eigenvalue weighted by Gasteiger charge is 2.54. The molecule has 1 heterocycles. The first kappa shape index (κ1) is 10.7. The lowest BCUT2D eigenvalue weighted by Crippen LogP contribution is -2.44. The van der Waals surface area contributed by atoms with E-state index in [9.17, 15) is 13.5 Å². The molecular weight excluding hydrogens is 222 g/mol. The van der Waals surface area contributed by atoms with Crippen molar-refractivity contribution < 1.29 is 13.5 Å². The Morgan fingerprint density at radius 1 is 1.29 bits per heavy atom. The number of thiol groups is 1. The van der Waals surface area contributed by atoms with Crippen LogP contribution in [-0.2, 0) is 10.0 Å². The van der Waals surface area contributed by atoms with Gasteiger partial charge in [0.15, 0.2) is 0 Å². The van der Waals surface area contributed by atoms with Crippen molar-refractivity contribution in [3.8, 4) is 0 Å². The Morgan fingerprint density at radius 2 is 1.79 bits per heavy atom. The van der Waals surface area contributed by atoms with Crippen LogP contribution in [0.1, 0.15) is 25.7 Å². The molecule has 0 unspecified atom stereocenters. The molecule has 0 radical (unpaired) electrons. The van der Waals surface area contributed by atoms with Crippen LogP contribution in [0, 0.1) is 0 Å². The summed E-state index contributed by atoms with van der Waals surface area (Å²) in [5, 5.41) is 9.27. The van der Waals surface area contributed by atoms with E-state index in [4.69, 9.17) is 0 Å². The standard InChI is InChI=1S/C8H15NO3S2/c10-7-1-5-9(6-2-7)14(11,12)8(13)3-4-8/h7,10,13H,1-6H2. The molecule has 4 nitrogen and oxygen atoms in total. The molecule has 2 aliphatic rings. The first-order chi connectivity index (χ1) is 6.46. The molecule has 2 fully saturated rings. The third-order valence-corrected chi connectivity index (χ3v) is 6.47. The number of aliphatic hydroxyl groups is 1. The number of sulfonamides is 1. The number of aliphatic hydroxyl groups excluding tert-OH is 1. The zero-order valence-electron chi connectivity index (χ0n) is 7.89. The summed E-state index contributed by atoms with van der Waals surface area (Å²) >= 11 is 4.19. The van der Waals surface area contributed by atoms with Gasteiger partial charge in [0, 0.05) is 13.1 Å². The Kier molecular flexibility index (Phi) is 2.58. The van der Waals surface area contributed by atoms with Crippen LogP contribution in [-0.4, -0.2) is 41.1 Å². The summed E-state index contributed by atoms with van der Waals surface area (Å²) in [5.74, 6) is 0. The van der Waals surface area contributed by atoms with Gasteiger partial charge in [0.25, 0.3) is 0 Å². The normalized spacial score (nSPS) is 29.0. The van der Waals surface area contributed by atoms with Gasteiger partial charge in [-0.1, -0.05) is 0 Å². The number of rotatable bonds is 2. The highest BCUT2D eigenvalue weighted by atomic mass is 32.3. The van der Waals surface area contributed by atoms with Crippen molar-refractivity contribution in [2.24, 2.45) is 0 Å². The van der Waals surface area contributed by atoms with Crippen LogP contribution in [0.4, 0.5) is 0 Å². The minimum Gasteiger partial charge on any atom is -0.393 e. The fourth-order valence-electron chi connectivity index (χ4n) is 1.69. The molecule has 0 aromatic heterocycles. The van der Waals surface area contributed by atoms with Crippen LogP contribution in [0.3, 0.4) is 0 Å². The van der Waals surface area contributed by atoms with E-state index in [-0.39, 0.29) is 6.10 Å². The van der Waals surface area contributed by atoms with Crippen LogP contribution >= 0.6 is 12.6 Å². The SMILES string of the molecule is O=S(=O)(N1CCC(O)CC1)C1(S)CC1. The monoisotopic (exact) mass is 237 g/mol. The van der Waals surface area contributed by atoms with Crippen LogP contribution in [0.5, 0.6) is 0 Å². The van der Waals surface area contributed by atoms with E-state index in [1.54, 1.807) is 0 Å². The molecule has 0 spiro atoms. The van der Waals surface area contributed by atoms with Gasteiger partial charge in [-0.05, 0) is 25.7 Å². The summed E-state index contributed by atoms with van der Waals surface area (Å²) in [5.41, 5.74) is 0. The molecular formula is C8H15NO3S2. The zero-order valence-corrected chi connectivity index (χ0v) is 9.60. The van der Waals surface area contributed by atoms with Gasteiger partial charge in [0.05, 0.1) is 6.10 Å². The summed E-state index contributed by atoms with van der Waals surface area (Å²) in [6.07, 6.45) is 2.05. The third kappa shape index (κ3) is 1.68. The Morgan fingerprint density at radius 3 is 2.21 bits per heavy atom. The fraction of sp³-hybridized carbons (Fsp3) is 1.00. The predicted molar refractivity (Wildman–Crippen MR) is 56.7 cm³/mol. The molecule has 82 valence electrons. The largest absolute Gasteiger partial charge is 0.393 e. The summed E-state index contributed by atoms with van der Waals surface area (Å²) in [7, 11) is -3.23. The number of hydrogen-bond acceptors (Lipinski definition) is 4. The van der Waals surface area contributed by atoms with E-state index < -0.39 is 14.1 Å². The molecule has 0 bridgehead atoms. The molecule has 1 saturated carbocycles. The minimum absolute atomic E-state index is 0.337. The molecule has 2 rings (SSSR count). The minimum atomic E-state index is -3.23. The van der Waals surface area contributed by atoms with Gasteiger partial charge in [-0.15, -0.1) is 0 Å². The van der Waals surface area contributed by atoms with Crippen molar-refractivity contribution in [1.82, 2.24) is 4.31 Å². The fourth-order valence-corrected chi connectivity index (χ4v) is 3.94. The predicted octanol–water partition coefficient (Wildman–Crippen LogP) is 0.193. The molecule has 6 heteroatoms. The summed E-state index contributed by atoms with van der Waals surface area (Å²) in [4.78, 5) is 0. The van der Waals surface area contributed by atoms with Gasteiger partial charge in [0.1, 0.15) is 4.08 Å². The summed E-state index contributed by atoms with van der Waals surface area (Å²) < 4.78 is 24.6. The summed E-state index contributed by atoms with van der Waals surface area (Å²) in [6.45, 7) is 0.873.